The first-order valence-corrected chi connectivity index (χ1v) is 8.99. The van der Waals surface area contributed by atoms with Crippen molar-refractivity contribution in [3.8, 4) is 0 Å². The molecule has 4 nitrogen and oxygen atoms in total. The Morgan fingerprint density at radius 3 is 3.00 bits per heavy atom. The van der Waals surface area contributed by atoms with Gasteiger partial charge in [-0.15, -0.1) is 11.3 Å². The highest BCUT2D eigenvalue weighted by Crippen LogP contribution is 2.25. The van der Waals surface area contributed by atoms with Crippen molar-refractivity contribution < 1.29 is 4.79 Å². The van der Waals surface area contributed by atoms with Gasteiger partial charge in [-0.05, 0) is 37.3 Å². The standard InChI is InChI=1S/C18H23N3OS/c1-14(22)20-18-19-11-17(23-18)13-21-9-5-8-16(12-21)10-15-6-3-2-4-7-15/h2-4,6-7,11,16H,5,8-10,12-13H2,1H3,(H,19,20,22). The molecule has 1 fully saturated rings. The van der Waals surface area contributed by atoms with Crippen LogP contribution in [0.4, 0.5) is 5.13 Å². The fourth-order valence-electron chi connectivity index (χ4n) is 3.22. The van der Waals surface area contributed by atoms with Crippen LogP contribution in [0.25, 0.3) is 0 Å². The maximum atomic E-state index is 11.1. The average Bonchev–Trinajstić information content (AvgIpc) is 2.95. The number of hydrogen-bond donors (Lipinski definition) is 1. The molecule has 0 aliphatic carbocycles. The Morgan fingerprint density at radius 1 is 1.39 bits per heavy atom. The van der Waals surface area contributed by atoms with Gasteiger partial charge in [-0.25, -0.2) is 4.98 Å². The molecule has 1 aromatic carbocycles. The van der Waals surface area contributed by atoms with Crippen molar-refractivity contribution in [2.75, 3.05) is 18.4 Å². The van der Waals surface area contributed by atoms with E-state index in [9.17, 15) is 4.79 Å². The van der Waals surface area contributed by atoms with E-state index in [1.807, 2.05) is 6.20 Å². The topological polar surface area (TPSA) is 45.2 Å². The minimum absolute atomic E-state index is 0.0632. The first-order chi connectivity index (χ1) is 11.2. The van der Waals surface area contributed by atoms with E-state index in [2.05, 4.69) is 45.5 Å². The molecule has 1 atom stereocenters. The Balaban J connectivity index is 1.54. The number of piperidine rings is 1. The number of carbonyl (C=O) groups is 1. The smallest absolute Gasteiger partial charge is 0.223 e. The van der Waals surface area contributed by atoms with Gasteiger partial charge >= 0.3 is 0 Å². The quantitative estimate of drug-likeness (QED) is 0.912. The van der Waals surface area contributed by atoms with Crippen molar-refractivity contribution in [2.24, 2.45) is 5.92 Å². The predicted octanol–water partition coefficient (Wildman–Crippen LogP) is 3.56. The molecule has 0 bridgehead atoms. The number of rotatable bonds is 5. The number of anilines is 1. The lowest BCUT2D eigenvalue weighted by Crippen LogP contribution is -2.35. The van der Waals surface area contributed by atoms with Crippen LogP contribution in [0.3, 0.4) is 0 Å². The second kappa shape index (κ2) is 7.70. The molecule has 0 saturated carbocycles. The van der Waals surface area contributed by atoms with Crippen LogP contribution >= 0.6 is 11.3 Å². The first-order valence-electron chi connectivity index (χ1n) is 8.17. The zero-order valence-corrected chi connectivity index (χ0v) is 14.3. The maximum absolute atomic E-state index is 11.1. The zero-order chi connectivity index (χ0) is 16.1. The van der Waals surface area contributed by atoms with Crippen LogP contribution in [0.1, 0.15) is 30.2 Å². The third kappa shape index (κ3) is 4.88. The Morgan fingerprint density at radius 2 is 2.22 bits per heavy atom. The monoisotopic (exact) mass is 329 g/mol. The molecule has 0 spiro atoms. The predicted molar refractivity (Wildman–Crippen MR) is 94.6 cm³/mol. The number of thiazole rings is 1. The van der Waals surface area contributed by atoms with Gasteiger partial charge in [0, 0.05) is 31.1 Å². The summed E-state index contributed by atoms with van der Waals surface area (Å²) in [7, 11) is 0. The average molecular weight is 329 g/mol. The molecule has 3 rings (SSSR count). The van der Waals surface area contributed by atoms with Crippen LogP contribution in [0.15, 0.2) is 36.5 Å². The summed E-state index contributed by atoms with van der Waals surface area (Å²) in [6.45, 7) is 4.74. The lowest BCUT2D eigenvalue weighted by Gasteiger charge is -2.32. The molecule has 5 heteroatoms. The molecule has 2 aromatic rings. The van der Waals surface area contributed by atoms with Gasteiger partial charge in [0.1, 0.15) is 0 Å². The number of carbonyl (C=O) groups excluding carboxylic acids is 1. The maximum Gasteiger partial charge on any atom is 0.223 e. The van der Waals surface area contributed by atoms with Gasteiger partial charge in [-0.1, -0.05) is 30.3 Å². The third-order valence-corrected chi connectivity index (χ3v) is 5.08. The van der Waals surface area contributed by atoms with E-state index in [-0.39, 0.29) is 5.91 Å². The second-order valence-electron chi connectivity index (χ2n) is 6.25. The van der Waals surface area contributed by atoms with Crippen molar-refractivity contribution in [3.05, 3.63) is 47.0 Å². The highest BCUT2D eigenvalue weighted by molar-refractivity contribution is 7.15. The molecule has 1 N–H and O–H groups in total. The van der Waals surface area contributed by atoms with E-state index < -0.39 is 0 Å². The normalized spacial score (nSPS) is 18.7. The van der Waals surface area contributed by atoms with Crippen LogP contribution in [0.5, 0.6) is 0 Å². The van der Waals surface area contributed by atoms with Crippen LogP contribution in [0.2, 0.25) is 0 Å². The number of benzene rings is 1. The van der Waals surface area contributed by atoms with Gasteiger partial charge in [0.25, 0.3) is 0 Å². The van der Waals surface area contributed by atoms with Gasteiger partial charge < -0.3 is 5.32 Å². The lowest BCUT2D eigenvalue weighted by atomic mass is 9.91. The molecular weight excluding hydrogens is 306 g/mol. The Hall–Kier alpha value is -1.72. The summed E-state index contributed by atoms with van der Waals surface area (Å²) >= 11 is 1.58. The summed E-state index contributed by atoms with van der Waals surface area (Å²) in [6.07, 6.45) is 5.62. The molecule has 1 aliphatic rings. The Labute approximate surface area is 141 Å². The lowest BCUT2D eigenvalue weighted by molar-refractivity contribution is -0.114. The molecule has 1 saturated heterocycles. The number of nitrogens with zero attached hydrogens (tertiary/aromatic N) is 2. The van der Waals surface area contributed by atoms with Gasteiger partial charge in [-0.2, -0.15) is 0 Å². The van der Waals surface area contributed by atoms with Gasteiger partial charge in [0.15, 0.2) is 5.13 Å². The van der Waals surface area contributed by atoms with E-state index in [4.69, 9.17) is 0 Å². The minimum Gasteiger partial charge on any atom is -0.302 e. The number of amides is 1. The molecular formula is C18H23N3OS. The van der Waals surface area contributed by atoms with E-state index in [0.29, 0.717) is 5.13 Å². The van der Waals surface area contributed by atoms with E-state index >= 15 is 0 Å². The van der Waals surface area contributed by atoms with Crippen LogP contribution < -0.4 is 5.32 Å². The van der Waals surface area contributed by atoms with Crippen LogP contribution in [0, 0.1) is 5.92 Å². The number of aromatic nitrogens is 1. The zero-order valence-electron chi connectivity index (χ0n) is 13.5. The summed E-state index contributed by atoms with van der Waals surface area (Å²) in [5.41, 5.74) is 1.44. The van der Waals surface area contributed by atoms with Crippen LogP contribution in [-0.4, -0.2) is 28.9 Å². The fraction of sp³-hybridized carbons (Fsp3) is 0.444. The van der Waals surface area contributed by atoms with Gasteiger partial charge in [0.2, 0.25) is 5.91 Å². The number of likely N-dealkylation sites (tertiary alicyclic amines) is 1. The first kappa shape index (κ1) is 16.1. The molecule has 0 radical (unpaired) electrons. The molecule has 1 aromatic heterocycles. The number of hydrogen-bond acceptors (Lipinski definition) is 4. The summed E-state index contributed by atoms with van der Waals surface area (Å²) in [6, 6.07) is 10.8. The van der Waals surface area contributed by atoms with Crippen molar-refractivity contribution >= 4 is 22.4 Å². The fourth-order valence-corrected chi connectivity index (χ4v) is 4.12. The van der Waals surface area contributed by atoms with Gasteiger partial charge in [-0.3, -0.25) is 9.69 Å². The van der Waals surface area contributed by atoms with Crippen molar-refractivity contribution in [3.63, 3.8) is 0 Å². The molecule has 1 amide bonds. The van der Waals surface area contributed by atoms with Crippen molar-refractivity contribution in [1.29, 1.82) is 0 Å². The Bertz CT molecular complexity index is 641. The number of nitrogens with one attached hydrogen (secondary N) is 1. The third-order valence-electron chi connectivity index (χ3n) is 4.19. The molecule has 1 unspecified atom stereocenters. The van der Waals surface area contributed by atoms with Crippen molar-refractivity contribution in [2.45, 2.75) is 32.7 Å². The Kier molecular flexibility index (Phi) is 5.41. The molecule has 2 heterocycles. The summed E-state index contributed by atoms with van der Waals surface area (Å²) in [5, 5.41) is 3.45. The highest BCUT2D eigenvalue weighted by atomic mass is 32.1. The minimum atomic E-state index is -0.0632. The van der Waals surface area contributed by atoms with Crippen LogP contribution in [-0.2, 0) is 17.8 Å². The summed E-state index contributed by atoms with van der Waals surface area (Å²) in [4.78, 5) is 19.1. The van der Waals surface area contributed by atoms with Gasteiger partial charge in [0.05, 0.1) is 0 Å². The molecule has 23 heavy (non-hydrogen) atoms. The van der Waals surface area contributed by atoms with E-state index in [1.54, 1.807) is 11.3 Å². The molecule has 122 valence electrons. The summed E-state index contributed by atoms with van der Waals surface area (Å²) in [5.74, 6) is 0.667. The highest BCUT2D eigenvalue weighted by Gasteiger charge is 2.20. The summed E-state index contributed by atoms with van der Waals surface area (Å²) < 4.78 is 0. The SMILES string of the molecule is CC(=O)Nc1ncc(CN2CCCC(Cc3ccccc3)C2)s1. The van der Waals surface area contributed by atoms with E-state index in [1.165, 1.54) is 30.2 Å². The molecule has 1 aliphatic heterocycles. The largest absolute Gasteiger partial charge is 0.302 e. The van der Waals surface area contributed by atoms with Crippen molar-refractivity contribution in [1.82, 2.24) is 9.88 Å². The second-order valence-corrected chi connectivity index (χ2v) is 7.36. The van der Waals surface area contributed by atoms with E-state index in [0.717, 1.165) is 32.0 Å².